The predicted octanol–water partition coefficient (Wildman–Crippen LogP) is 3.32. The number of halogens is 1. The van der Waals surface area contributed by atoms with Crippen molar-refractivity contribution in [1.29, 1.82) is 0 Å². The molecule has 31 heavy (non-hydrogen) atoms. The smallest absolute Gasteiger partial charge is 0.268 e. The first-order valence-electron chi connectivity index (χ1n) is 9.38. The zero-order chi connectivity index (χ0) is 22.8. The Balaban J connectivity index is 1.97. The van der Waals surface area contributed by atoms with E-state index in [1.807, 2.05) is 0 Å². The van der Waals surface area contributed by atoms with Crippen molar-refractivity contribution in [2.75, 3.05) is 23.3 Å². The van der Waals surface area contributed by atoms with Crippen LogP contribution in [0.4, 0.5) is 15.8 Å². The van der Waals surface area contributed by atoms with Crippen molar-refractivity contribution in [1.82, 2.24) is 10.2 Å². The summed E-state index contributed by atoms with van der Waals surface area (Å²) in [5, 5.41) is 9.16. The van der Waals surface area contributed by atoms with Crippen LogP contribution in [0.15, 0.2) is 47.4 Å². The van der Waals surface area contributed by atoms with Gasteiger partial charge in [0.15, 0.2) is 0 Å². The minimum absolute atomic E-state index is 0.00232. The highest BCUT2D eigenvalue weighted by Gasteiger charge is 2.31. The monoisotopic (exact) mass is 446 g/mol. The number of sulfonamides is 1. The van der Waals surface area contributed by atoms with Crippen LogP contribution in [0.1, 0.15) is 17.0 Å². The van der Waals surface area contributed by atoms with Gasteiger partial charge in [-0.05, 0) is 62.7 Å². The Morgan fingerprint density at radius 2 is 1.84 bits per heavy atom. The van der Waals surface area contributed by atoms with Gasteiger partial charge in [-0.2, -0.15) is 5.10 Å². The molecule has 8 nitrogen and oxygen atoms in total. The molecule has 2 N–H and O–H groups in total. The molecule has 0 saturated carbocycles. The topological polar surface area (TPSA) is 104 Å². The van der Waals surface area contributed by atoms with Gasteiger partial charge in [0.2, 0.25) is 5.91 Å². The molecular formula is C21H23FN4O4S. The average molecular weight is 447 g/mol. The third kappa shape index (κ3) is 4.69. The molecule has 3 aromatic rings. The Bertz CT molecular complexity index is 1190. The lowest BCUT2D eigenvalue weighted by Crippen LogP contribution is -2.38. The van der Waals surface area contributed by atoms with E-state index in [0.29, 0.717) is 17.0 Å². The maximum Gasteiger partial charge on any atom is 0.268 e. The van der Waals surface area contributed by atoms with Gasteiger partial charge < -0.3 is 10.1 Å². The zero-order valence-corrected chi connectivity index (χ0v) is 18.4. The Hall–Kier alpha value is -3.40. The predicted molar refractivity (Wildman–Crippen MR) is 115 cm³/mol. The lowest BCUT2D eigenvalue weighted by atomic mass is 10.2. The number of aromatic nitrogens is 2. The molecule has 0 atom stereocenters. The maximum atomic E-state index is 13.8. The third-order valence-corrected chi connectivity index (χ3v) is 6.75. The van der Waals surface area contributed by atoms with Crippen molar-refractivity contribution in [2.24, 2.45) is 0 Å². The number of methoxy groups -OCH3 is 1. The lowest BCUT2D eigenvalue weighted by molar-refractivity contribution is -0.114. The van der Waals surface area contributed by atoms with Gasteiger partial charge in [0, 0.05) is 5.69 Å². The number of H-pyrrole nitrogens is 1. The van der Waals surface area contributed by atoms with Crippen molar-refractivity contribution in [3.8, 4) is 5.75 Å². The number of hydrogen-bond acceptors (Lipinski definition) is 5. The number of carbonyl (C=O) groups is 1. The Morgan fingerprint density at radius 3 is 2.39 bits per heavy atom. The molecule has 3 rings (SSSR count). The largest absolute Gasteiger partial charge is 0.497 e. The van der Waals surface area contributed by atoms with Crippen LogP contribution in [-0.2, 0) is 14.8 Å². The number of aryl methyl sites for hydroxylation is 3. The molecular weight excluding hydrogens is 423 g/mol. The summed E-state index contributed by atoms with van der Waals surface area (Å²) in [6.07, 6.45) is 0. The van der Waals surface area contributed by atoms with Gasteiger partial charge >= 0.3 is 0 Å². The number of anilines is 2. The van der Waals surface area contributed by atoms with E-state index in [-0.39, 0.29) is 22.0 Å². The van der Waals surface area contributed by atoms with E-state index >= 15 is 0 Å². The standard InChI is InChI=1S/C21H23FN4O4S/c1-13-5-6-16(11-19(13)22)23-20(27)12-26(17-7-9-18(30-4)10-8-17)31(28,29)21-14(2)24-25-15(21)3/h5-11H,12H2,1-4H3,(H,23,27)(H,24,25). The van der Waals surface area contributed by atoms with E-state index in [0.717, 1.165) is 4.31 Å². The maximum absolute atomic E-state index is 13.8. The molecule has 0 unspecified atom stereocenters. The highest BCUT2D eigenvalue weighted by molar-refractivity contribution is 7.93. The fourth-order valence-electron chi connectivity index (χ4n) is 3.10. The first-order chi connectivity index (χ1) is 14.6. The summed E-state index contributed by atoms with van der Waals surface area (Å²) in [7, 11) is -2.63. The first kappa shape index (κ1) is 22.3. The number of amides is 1. The number of benzene rings is 2. The van der Waals surface area contributed by atoms with Gasteiger partial charge in [0.25, 0.3) is 10.0 Å². The van der Waals surface area contributed by atoms with Crippen molar-refractivity contribution < 1.29 is 22.3 Å². The molecule has 164 valence electrons. The highest BCUT2D eigenvalue weighted by Crippen LogP contribution is 2.28. The fraction of sp³-hybridized carbons (Fsp3) is 0.238. The molecule has 2 aromatic carbocycles. The van der Waals surface area contributed by atoms with Crippen LogP contribution in [0.2, 0.25) is 0 Å². The summed E-state index contributed by atoms with van der Waals surface area (Å²) >= 11 is 0. The van der Waals surface area contributed by atoms with E-state index < -0.39 is 28.3 Å². The molecule has 0 aliphatic heterocycles. The van der Waals surface area contributed by atoms with Gasteiger partial charge in [-0.25, -0.2) is 12.8 Å². The van der Waals surface area contributed by atoms with Crippen LogP contribution >= 0.6 is 0 Å². The molecule has 0 spiro atoms. The number of nitrogens with zero attached hydrogens (tertiary/aromatic N) is 2. The van der Waals surface area contributed by atoms with Gasteiger partial charge in [0.1, 0.15) is 23.0 Å². The van der Waals surface area contributed by atoms with Crippen LogP contribution in [0, 0.1) is 26.6 Å². The van der Waals surface area contributed by atoms with Crippen molar-refractivity contribution in [2.45, 2.75) is 25.7 Å². The fourth-order valence-corrected chi connectivity index (χ4v) is 4.85. The van der Waals surface area contributed by atoms with Gasteiger partial charge in [-0.15, -0.1) is 0 Å². The average Bonchev–Trinajstić information content (AvgIpc) is 3.08. The van der Waals surface area contributed by atoms with Crippen molar-refractivity contribution >= 4 is 27.3 Å². The molecule has 1 aromatic heterocycles. The van der Waals surface area contributed by atoms with Gasteiger partial charge in [0.05, 0.1) is 24.2 Å². The summed E-state index contributed by atoms with van der Waals surface area (Å²) in [6, 6.07) is 10.5. The number of hydrogen-bond donors (Lipinski definition) is 2. The summed E-state index contributed by atoms with van der Waals surface area (Å²) in [4.78, 5) is 12.7. The Labute approximate surface area is 180 Å². The number of nitrogens with one attached hydrogen (secondary N) is 2. The first-order valence-corrected chi connectivity index (χ1v) is 10.8. The molecule has 1 heterocycles. The van der Waals surface area contributed by atoms with Crippen LogP contribution in [-0.4, -0.2) is 38.2 Å². The van der Waals surface area contributed by atoms with Crippen molar-refractivity contribution in [3.63, 3.8) is 0 Å². The molecule has 0 radical (unpaired) electrons. The minimum atomic E-state index is -4.13. The summed E-state index contributed by atoms with van der Waals surface area (Å²) in [5.41, 5.74) is 1.59. The second kappa shape index (κ2) is 8.76. The lowest BCUT2D eigenvalue weighted by Gasteiger charge is -2.24. The van der Waals surface area contributed by atoms with E-state index in [2.05, 4.69) is 15.5 Å². The van der Waals surface area contributed by atoms with Crippen molar-refractivity contribution in [3.05, 3.63) is 65.2 Å². The molecule has 0 fully saturated rings. The molecule has 10 heteroatoms. The van der Waals surface area contributed by atoms with Gasteiger partial charge in [-0.1, -0.05) is 6.07 Å². The van der Waals surface area contributed by atoms with Crippen LogP contribution in [0.3, 0.4) is 0 Å². The number of ether oxygens (including phenoxy) is 1. The summed E-state index contributed by atoms with van der Waals surface area (Å²) < 4.78 is 46.9. The van der Waals surface area contributed by atoms with Crippen LogP contribution in [0.25, 0.3) is 0 Å². The van der Waals surface area contributed by atoms with E-state index in [1.165, 1.54) is 19.2 Å². The summed E-state index contributed by atoms with van der Waals surface area (Å²) in [6.45, 7) is 4.24. The third-order valence-electron chi connectivity index (χ3n) is 4.71. The quantitative estimate of drug-likeness (QED) is 0.579. The highest BCUT2D eigenvalue weighted by atomic mass is 32.2. The number of carbonyl (C=O) groups excluding carboxylic acids is 1. The molecule has 0 aliphatic carbocycles. The molecule has 0 bridgehead atoms. The molecule has 0 aliphatic rings. The van der Waals surface area contributed by atoms with Crippen LogP contribution in [0.5, 0.6) is 5.75 Å². The zero-order valence-electron chi connectivity index (χ0n) is 17.6. The van der Waals surface area contributed by atoms with Gasteiger partial charge in [-0.3, -0.25) is 14.2 Å². The second-order valence-electron chi connectivity index (χ2n) is 6.98. The van der Waals surface area contributed by atoms with E-state index in [1.54, 1.807) is 51.1 Å². The Morgan fingerprint density at radius 1 is 1.16 bits per heavy atom. The SMILES string of the molecule is COc1ccc(N(CC(=O)Nc2ccc(C)c(F)c2)S(=O)(=O)c2c(C)n[nH]c2C)cc1. The second-order valence-corrected chi connectivity index (χ2v) is 8.78. The van der Waals surface area contributed by atoms with Crippen LogP contribution < -0.4 is 14.4 Å². The molecule has 1 amide bonds. The van der Waals surface area contributed by atoms with E-state index in [9.17, 15) is 17.6 Å². The number of aromatic amines is 1. The summed E-state index contributed by atoms with van der Waals surface area (Å²) in [5.74, 6) is -0.556. The normalized spacial score (nSPS) is 11.3. The minimum Gasteiger partial charge on any atom is -0.497 e. The van der Waals surface area contributed by atoms with E-state index in [4.69, 9.17) is 4.74 Å². The molecule has 0 saturated heterocycles. The number of rotatable bonds is 7. The Kier molecular flexibility index (Phi) is 6.30.